The number of aliphatic hydroxyl groups is 2. The van der Waals surface area contributed by atoms with Gasteiger partial charge in [0.2, 0.25) is 0 Å². The summed E-state index contributed by atoms with van der Waals surface area (Å²) in [7, 11) is 0. The van der Waals surface area contributed by atoms with E-state index in [0.29, 0.717) is 12.1 Å². The molecule has 0 aromatic rings. The van der Waals surface area contributed by atoms with E-state index in [-0.39, 0.29) is 12.2 Å². The number of nitrogens with one attached hydrogen (secondary N) is 1. The molecule has 23 heavy (non-hydrogen) atoms. The molecule has 4 atom stereocenters. The summed E-state index contributed by atoms with van der Waals surface area (Å²) in [6.45, 7) is 6.45. The topological polar surface area (TPSA) is 59.0 Å². The fourth-order valence-corrected chi connectivity index (χ4v) is 4.59. The van der Waals surface area contributed by atoms with Crippen molar-refractivity contribution in [3.05, 3.63) is 0 Å². The molecule has 3 N–H and O–H groups in total. The van der Waals surface area contributed by atoms with Gasteiger partial charge in [-0.15, -0.1) is 0 Å². The minimum Gasteiger partial charge on any atom is -0.392 e. The van der Waals surface area contributed by atoms with Crippen molar-refractivity contribution in [2.75, 3.05) is 39.3 Å². The van der Waals surface area contributed by atoms with Crippen molar-refractivity contribution < 1.29 is 10.2 Å². The molecule has 5 heteroatoms. The van der Waals surface area contributed by atoms with Gasteiger partial charge in [0.15, 0.2) is 0 Å². The molecule has 1 aliphatic heterocycles. The molecule has 0 radical (unpaired) electrons. The molecule has 2 aliphatic carbocycles. The maximum Gasteiger partial charge on any atom is 0.0695 e. The van der Waals surface area contributed by atoms with Gasteiger partial charge < -0.3 is 15.5 Å². The fraction of sp³-hybridized carbons (Fsp3) is 1.00. The first-order valence-electron chi connectivity index (χ1n) is 9.80. The van der Waals surface area contributed by atoms with Crippen molar-refractivity contribution in [1.82, 2.24) is 15.1 Å². The molecule has 0 aromatic heterocycles. The van der Waals surface area contributed by atoms with Gasteiger partial charge in [-0.1, -0.05) is 25.7 Å². The van der Waals surface area contributed by atoms with Gasteiger partial charge in [0, 0.05) is 51.4 Å². The maximum atomic E-state index is 10.2. The Morgan fingerprint density at radius 2 is 1.43 bits per heavy atom. The van der Waals surface area contributed by atoms with Crippen LogP contribution < -0.4 is 5.32 Å². The van der Waals surface area contributed by atoms with Gasteiger partial charge >= 0.3 is 0 Å². The first-order valence-corrected chi connectivity index (χ1v) is 9.80. The Balaban J connectivity index is 1.33. The van der Waals surface area contributed by atoms with Gasteiger partial charge in [-0.3, -0.25) is 9.80 Å². The summed E-state index contributed by atoms with van der Waals surface area (Å²) >= 11 is 0. The first kappa shape index (κ1) is 17.6. The zero-order valence-corrected chi connectivity index (χ0v) is 14.5. The Morgan fingerprint density at radius 1 is 0.783 bits per heavy atom. The largest absolute Gasteiger partial charge is 0.392 e. The van der Waals surface area contributed by atoms with Crippen molar-refractivity contribution in [3.63, 3.8) is 0 Å². The average Bonchev–Trinajstić information content (AvgIpc) is 2.58. The number of hydrogen-bond acceptors (Lipinski definition) is 5. The summed E-state index contributed by atoms with van der Waals surface area (Å²) in [6, 6.07) is 0.712. The summed E-state index contributed by atoms with van der Waals surface area (Å²) < 4.78 is 0. The van der Waals surface area contributed by atoms with E-state index < -0.39 is 0 Å². The third-order valence-corrected chi connectivity index (χ3v) is 6.13. The molecule has 0 bridgehead atoms. The molecule has 2 saturated carbocycles. The SMILES string of the molecule is OC1CCCCC1NCCN1CCN(C2CCCCC2O)CC1. The van der Waals surface area contributed by atoms with Gasteiger partial charge in [-0.05, 0) is 25.7 Å². The highest BCUT2D eigenvalue weighted by molar-refractivity contribution is 4.86. The van der Waals surface area contributed by atoms with Crippen molar-refractivity contribution >= 4 is 0 Å². The lowest BCUT2D eigenvalue weighted by Crippen LogP contribution is -2.55. The zero-order chi connectivity index (χ0) is 16.1. The molecular formula is C18H35N3O2. The van der Waals surface area contributed by atoms with Crippen LogP contribution in [0.25, 0.3) is 0 Å². The number of hydrogen-bond donors (Lipinski definition) is 3. The third-order valence-electron chi connectivity index (χ3n) is 6.13. The molecule has 0 aromatic carbocycles. The van der Waals surface area contributed by atoms with Gasteiger partial charge in [0.1, 0.15) is 0 Å². The number of aliphatic hydroxyl groups excluding tert-OH is 2. The van der Waals surface area contributed by atoms with E-state index in [0.717, 1.165) is 58.5 Å². The minimum absolute atomic E-state index is 0.107. The van der Waals surface area contributed by atoms with Crippen LogP contribution in [0, 0.1) is 0 Å². The standard InChI is InChI=1S/C18H35N3O2/c22-17-7-3-1-5-15(17)19-9-10-20-11-13-21(14-12-20)16-6-2-4-8-18(16)23/h15-19,22-23H,1-14H2. The Labute approximate surface area is 141 Å². The normalized spacial score (nSPS) is 37.8. The zero-order valence-electron chi connectivity index (χ0n) is 14.5. The lowest BCUT2D eigenvalue weighted by molar-refractivity contribution is -0.00367. The average molecular weight is 325 g/mol. The van der Waals surface area contributed by atoms with E-state index in [1.165, 1.54) is 32.1 Å². The predicted octanol–water partition coefficient (Wildman–Crippen LogP) is 0.801. The van der Waals surface area contributed by atoms with Crippen molar-refractivity contribution in [3.8, 4) is 0 Å². The highest BCUT2D eigenvalue weighted by Crippen LogP contribution is 2.24. The molecular weight excluding hydrogens is 290 g/mol. The van der Waals surface area contributed by atoms with Crippen LogP contribution in [0.3, 0.4) is 0 Å². The summed E-state index contributed by atoms with van der Waals surface area (Å²) in [4.78, 5) is 5.03. The summed E-state index contributed by atoms with van der Waals surface area (Å²) in [5, 5.41) is 23.8. The van der Waals surface area contributed by atoms with Crippen LogP contribution in [0.15, 0.2) is 0 Å². The molecule has 3 aliphatic rings. The number of nitrogens with zero attached hydrogens (tertiary/aromatic N) is 2. The molecule has 0 spiro atoms. The van der Waals surface area contributed by atoms with Gasteiger partial charge in [0.25, 0.3) is 0 Å². The van der Waals surface area contributed by atoms with Crippen LogP contribution >= 0.6 is 0 Å². The summed E-state index contributed by atoms with van der Waals surface area (Å²) in [5.74, 6) is 0. The molecule has 5 nitrogen and oxygen atoms in total. The van der Waals surface area contributed by atoms with Crippen LogP contribution in [0.4, 0.5) is 0 Å². The van der Waals surface area contributed by atoms with Crippen molar-refractivity contribution in [1.29, 1.82) is 0 Å². The fourth-order valence-electron chi connectivity index (χ4n) is 4.59. The first-order chi connectivity index (χ1) is 11.2. The van der Waals surface area contributed by atoms with E-state index in [9.17, 15) is 10.2 Å². The third kappa shape index (κ3) is 4.89. The van der Waals surface area contributed by atoms with Crippen molar-refractivity contribution in [2.45, 2.75) is 75.7 Å². The van der Waals surface area contributed by atoms with Crippen LogP contribution in [-0.4, -0.2) is 83.6 Å². The Kier molecular flexibility index (Phi) is 6.72. The molecule has 1 heterocycles. The maximum absolute atomic E-state index is 10.2. The Hall–Kier alpha value is -0.200. The van der Waals surface area contributed by atoms with Gasteiger partial charge in [-0.25, -0.2) is 0 Å². The van der Waals surface area contributed by atoms with E-state index in [1.54, 1.807) is 0 Å². The monoisotopic (exact) mass is 325 g/mol. The molecule has 3 fully saturated rings. The second-order valence-electron chi connectivity index (χ2n) is 7.71. The summed E-state index contributed by atoms with van der Waals surface area (Å²) in [5.41, 5.74) is 0. The van der Waals surface area contributed by atoms with Crippen LogP contribution in [0.1, 0.15) is 51.4 Å². The Bertz CT molecular complexity index is 344. The molecule has 0 amide bonds. The quantitative estimate of drug-likeness (QED) is 0.698. The van der Waals surface area contributed by atoms with E-state index in [1.807, 2.05) is 0 Å². The lowest BCUT2D eigenvalue weighted by atomic mass is 9.91. The Morgan fingerprint density at radius 3 is 2.13 bits per heavy atom. The molecule has 134 valence electrons. The second-order valence-corrected chi connectivity index (χ2v) is 7.71. The number of piperazine rings is 1. The molecule has 4 unspecified atom stereocenters. The van der Waals surface area contributed by atoms with Crippen LogP contribution in [0.2, 0.25) is 0 Å². The smallest absolute Gasteiger partial charge is 0.0695 e. The number of rotatable bonds is 5. The van der Waals surface area contributed by atoms with Gasteiger partial charge in [-0.2, -0.15) is 0 Å². The lowest BCUT2D eigenvalue weighted by Gasteiger charge is -2.42. The predicted molar refractivity (Wildman–Crippen MR) is 92.5 cm³/mol. The van der Waals surface area contributed by atoms with E-state index >= 15 is 0 Å². The minimum atomic E-state index is -0.145. The summed E-state index contributed by atoms with van der Waals surface area (Å²) in [6.07, 6.45) is 8.87. The van der Waals surface area contributed by atoms with Crippen LogP contribution in [0.5, 0.6) is 0 Å². The van der Waals surface area contributed by atoms with E-state index in [2.05, 4.69) is 15.1 Å². The van der Waals surface area contributed by atoms with Crippen LogP contribution in [-0.2, 0) is 0 Å². The molecule has 3 rings (SSSR count). The van der Waals surface area contributed by atoms with Crippen molar-refractivity contribution in [2.24, 2.45) is 0 Å². The highest BCUT2D eigenvalue weighted by atomic mass is 16.3. The van der Waals surface area contributed by atoms with Gasteiger partial charge in [0.05, 0.1) is 12.2 Å². The van der Waals surface area contributed by atoms with E-state index in [4.69, 9.17) is 0 Å². The highest BCUT2D eigenvalue weighted by Gasteiger charge is 2.30. The molecule has 1 saturated heterocycles. The second kappa shape index (κ2) is 8.77.